The number of aliphatic hydroxyl groups excluding tert-OH is 1. The van der Waals surface area contributed by atoms with Crippen LogP contribution in [0.4, 0.5) is 0 Å². The molecular weight excluding hydrogens is 178 g/mol. The van der Waals surface area contributed by atoms with Crippen molar-refractivity contribution in [1.82, 2.24) is 5.32 Å². The second kappa shape index (κ2) is 5.10. The van der Waals surface area contributed by atoms with Gasteiger partial charge in [-0.2, -0.15) is 0 Å². The molecule has 0 amide bonds. The minimum absolute atomic E-state index is 0.178. The lowest BCUT2D eigenvalue weighted by Gasteiger charge is -2.24. The summed E-state index contributed by atoms with van der Waals surface area (Å²) in [6, 6.07) is 0.178. The Morgan fingerprint density at radius 2 is 1.93 bits per heavy atom. The second-order valence-electron chi connectivity index (χ2n) is 4.62. The van der Waals surface area contributed by atoms with Gasteiger partial charge in [0.25, 0.3) is 0 Å². The van der Waals surface area contributed by atoms with Gasteiger partial charge in [-0.1, -0.05) is 19.3 Å². The number of rotatable bonds is 3. The third kappa shape index (κ3) is 2.69. The Morgan fingerprint density at radius 3 is 2.57 bits per heavy atom. The van der Waals surface area contributed by atoms with Gasteiger partial charge < -0.3 is 15.2 Å². The first-order valence-corrected chi connectivity index (χ1v) is 5.85. The van der Waals surface area contributed by atoms with E-state index in [-0.39, 0.29) is 12.1 Å². The van der Waals surface area contributed by atoms with Crippen molar-refractivity contribution in [2.75, 3.05) is 19.8 Å². The van der Waals surface area contributed by atoms with Crippen molar-refractivity contribution in [3.8, 4) is 0 Å². The number of ether oxygens (including phenoxy) is 1. The third-order valence-electron chi connectivity index (χ3n) is 3.44. The highest BCUT2D eigenvalue weighted by atomic mass is 16.5. The predicted octanol–water partition coefficient (Wildman–Crippen LogP) is 0.916. The fourth-order valence-corrected chi connectivity index (χ4v) is 2.45. The van der Waals surface area contributed by atoms with E-state index in [9.17, 15) is 5.11 Å². The molecule has 1 saturated carbocycles. The Kier molecular flexibility index (Phi) is 3.79. The van der Waals surface area contributed by atoms with Gasteiger partial charge in [0.1, 0.15) is 0 Å². The summed E-state index contributed by atoms with van der Waals surface area (Å²) < 4.78 is 5.20. The van der Waals surface area contributed by atoms with Crippen LogP contribution in [0.15, 0.2) is 0 Å². The average molecular weight is 199 g/mol. The molecule has 0 unspecified atom stereocenters. The van der Waals surface area contributed by atoms with Crippen LogP contribution in [0.1, 0.15) is 32.1 Å². The van der Waals surface area contributed by atoms with Crippen molar-refractivity contribution < 1.29 is 9.84 Å². The summed E-state index contributed by atoms with van der Waals surface area (Å²) in [4.78, 5) is 0. The Bertz CT molecular complexity index is 169. The SMILES string of the molecule is O[C@@H]1COC[C@H]1NCC1CCCCC1. The lowest BCUT2D eigenvalue weighted by molar-refractivity contribution is 0.121. The van der Waals surface area contributed by atoms with Crippen LogP contribution in [-0.4, -0.2) is 37.0 Å². The van der Waals surface area contributed by atoms with E-state index >= 15 is 0 Å². The molecule has 3 nitrogen and oxygen atoms in total. The fourth-order valence-electron chi connectivity index (χ4n) is 2.45. The molecule has 1 aliphatic carbocycles. The van der Waals surface area contributed by atoms with Gasteiger partial charge in [0, 0.05) is 0 Å². The summed E-state index contributed by atoms with van der Waals surface area (Å²) in [5.74, 6) is 0.830. The normalized spacial score (nSPS) is 34.9. The summed E-state index contributed by atoms with van der Waals surface area (Å²) in [7, 11) is 0. The largest absolute Gasteiger partial charge is 0.389 e. The van der Waals surface area contributed by atoms with Gasteiger partial charge in [0.2, 0.25) is 0 Å². The van der Waals surface area contributed by atoms with Gasteiger partial charge in [-0.3, -0.25) is 0 Å². The molecule has 14 heavy (non-hydrogen) atoms. The average Bonchev–Trinajstić information content (AvgIpc) is 2.63. The fraction of sp³-hybridized carbons (Fsp3) is 1.00. The van der Waals surface area contributed by atoms with Crippen molar-refractivity contribution in [1.29, 1.82) is 0 Å². The summed E-state index contributed by atoms with van der Waals surface area (Å²) in [6.07, 6.45) is 6.60. The maximum Gasteiger partial charge on any atom is 0.0948 e. The molecule has 1 saturated heterocycles. The van der Waals surface area contributed by atoms with Crippen LogP contribution >= 0.6 is 0 Å². The van der Waals surface area contributed by atoms with E-state index in [0.717, 1.165) is 12.5 Å². The Labute approximate surface area is 85.8 Å². The quantitative estimate of drug-likeness (QED) is 0.710. The first kappa shape index (κ1) is 10.4. The van der Waals surface area contributed by atoms with Crippen LogP contribution in [0.3, 0.4) is 0 Å². The van der Waals surface area contributed by atoms with Crippen LogP contribution in [-0.2, 0) is 4.74 Å². The monoisotopic (exact) mass is 199 g/mol. The lowest BCUT2D eigenvalue weighted by atomic mass is 9.89. The summed E-state index contributed by atoms with van der Waals surface area (Å²) in [6.45, 7) is 2.24. The van der Waals surface area contributed by atoms with Crippen LogP contribution in [0.2, 0.25) is 0 Å². The van der Waals surface area contributed by atoms with Crippen LogP contribution < -0.4 is 5.32 Å². The van der Waals surface area contributed by atoms with E-state index in [0.29, 0.717) is 13.2 Å². The molecule has 2 atom stereocenters. The van der Waals surface area contributed by atoms with Crippen molar-refractivity contribution in [2.45, 2.75) is 44.2 Å². The first-order valence-electron chi connectivity index (χ1n) is 5.85. The molecule has 2 fully saturated rings. The standard InChI is InChI=1S/C11H21NO2/c13-11-8-14-7-10(11)12-6-9-4-2-1-3-5-9/h9-13H,1-8H2/t10-,11-/m1/s1. The molecule has 0 aromatic rings. The van der Waals surface area contributed by atoms with E-state index in [2.05, 4.69) is 5.32 Å². The lowest BCUT2D eigenvalue weighted by Crippen LogP contribution is -2.41. The van der Waals surface area contributed by atoms with Crippen molar-refractivity contribution in [3.63, 3.8) is 0 Å². The smallest absolute Gasteiger partial charge is 0.0948 e. The van der Waals surface area contributed by atoms with E-state index in [1.807, 2.05) is 0 Å². The summed E-state index contributed by atoms with van der Waals surface area (Å²) >= 11 is 0. The van der Waals surface area contributed by atoms with Crippen LogP contribution in [0.25, 0.3) is 0 Å². The molecule has 0 bridgehead atoms. The topological polar surface area (TPSA) is 41.5 Å². The first-order chi connectivity index (χ1) is 6.86. The van der Waals surface area contributed by atoms with Gasteiger partial charge in [0.05, 0.1) is 25.4 Å². The Morgan fingerprint density at radius 1 is 1.14 bits per heavy atom. The Hall–Kier alpha value is -0.120. The molecule has 1 aliphatic heterocycles. The number of hydrogen-bond acceptors (Lipinski definition) is 3. The van der Waals surface area contributed by atoms with Crippen molar-refractivity contribution in [3.05, 3.63) is 0 Å². The molecule has 1 heterocycles. The molecule has 82 valence electrons. The van der Waals surface area contributed by atoms with Gasteiger partial charge >= 0.3 is 0 Å². The molecule has 0 aromatic carbocycles. The molecule has 3 heteroatoms. The second-order valence-corrected chi connectivity index (χ2v) is 4.62. The summed E-state index contributed by atoms with van der Waals surface area (Å²) in [5, 5.41) is 13.0. The highest BCUT2D eigenvalue weighted by molar-refractivity contribution is 4.81. The van der Waals surface area contributed by atoms with Crippen molar-refractivity contribution >= 4 is 0 Å². The van der Waals surface area contributed by atoms with Gasteiger partial charge in [-0.25, -0.2) is 0 Å². The number of aliphatic hydroxyl groups is 1. The molecule has 2 N–H and O–H groups in total. The predicted molar refractivity (Wildman–Crippen MR) is 55.2 cm³/mol. The molecular formula is C11H21NO2. The summed E-state index contributed by atoms with van der Waals surface area (Å²) in [5.41, 5.74) is 0. The minimum Gasteiger partial charge on any atom is -0.389 e. The zero-order chi connectivity index (χ0) is 9.80. The zero-order valence-electron chi connectivity index (χ0n) is 8.74. The van der Waals surface area contributed by atoms with Gasteiger partial charge in [-0.15, -0.1) is 0 Å². The van der Waals surface area contributed by atoms with Crippen molar-refractivity contribution in [2.24, 2.45) is 5.92 Å². The highest BCUT2D eigenvalue weighted by Crippen LogP contribution is 2.23. The van der Waals surface area contributed by atoms with E-state index in [4.69, 9.17) is 4.74 Å². The van der Waals surface area contributed by atoms with Crippen LogP contribution in [0, 0.1) is 5.92 Å². The Balaban J connectivity index is 1.65. The van der Waals surface area contributed by atoms with E-state index in [1.165, 1.54) is 32.1 Å². The van der Waals surface area contributed by atoms with E-state index < -0.39 is 0 Å². The van der Waals surface area contributed by atoms with E-state index in [1.54, 1.807) is 0 Å². The minimum atomic E-state index is -0.293. The number of nitrogens with one attached hydrogen (secondary N) is 1. The van der Waals surface area contributed by atoms with Crippen LogP contribution in [0.5, 0.6) is 0 Å². The van der Waals surface area contributed by atoms with Gasteiger partial charge in [0.15, 0.2) is 0 Å². The molecule has 2 rings (SSSR count). The third-order valence-corrected chi connectivity index (χ3v) is 3.44. The zero-order valence-corrected chi connectivity index (χ0v) is 8.74. The molecule has 2 aliphatic rings. The maximum atomic E-state index is 9.53. The highest BCUT2D eigenvalue weighted by Gasteiger charge is 2.26. The molecule has 0 aromatic heterocycles. The van der Waals surface area contributed by atoms with Gasteiger partial charge in [-0.05, 0) is 25.3 Å². The molecule has 0 radical (unpaired) electrons. The number of hydrogen-bond donors (Lipinski definition) is 2. The molecule has 0 spiro atoms. The maximum absolute atomic E-state index is 9.53.